The van der Waals surface area contributed by atoms with E-state index in [0.29, 0.717) is 19.8 Å². The molecule has 0 radical (unpaired) electrons. The lowest BCUT2D eigenvalue weighted by Crippen LogP contribution is -2.35. The maximum atomic E-state index is 12.1. The molecule has 0 spiro atoms. The molecule has 0 aromatic heterocycles. The highest BCUT2D eigenvalue weighted by Gasteiger charge is 2.47. The van der Waals surface area contributed by atoms with Crippen LogP contribution in [-0.2, 0) is 44.5 Å². The van der Waals surface area contributed by atoms with Crippen LogP contribution in [0.1, 0.15) is 59.7 Å². The first-order valence-corrected chi connectivity index (χ1v) is 20.1. The monoisotopic (exact) mass is 816 g/mol. The Labute approximate surface area is 350 Å². The van der Waals surface area contributed by atoms with Gasteiger partial charge in [0.25, 0.3) is 0 Å². The lowest BCUT2D eigenvalue weighted by molar-refractivity contribution is -0.172. The van der Waals surface area contributed by atoms with Crippen molar-refractivity contribution in [3.63, 3.8) is 0 Å². The topological polar surface area (TPSA) is 128 Å². The number of aliphatic hydroxyl groups excluding tert-OH is 1. The summed E-state index contributed by atoms with van der Waals surface area (Å²) in [4.78, 5) is 23.6. The van der Waals surface area contributed by atoms with Gasteiger partial charge in [0, 0.05) is 27.6 Å². The molecule has 0 saturated heterocycles. The number of rotatable bonds is 17. The molecule has 1 aliphatic carbocycles. The third kappa shape index (κ3) is 8.23. The van der Waals surface area contributed by atoms with E-state index >= 15 is 0 Å². The van der Waals surface area contributed by atoms with Gasteiger partial charge in [-0.3, -0.25) is 0 Å². The fourth-order valence-corrected chi connectivity index (χ4v) is 8.01. The zero-order valence-corrected chi connectivity index (χ0v) is 35.2. The Kier molecular flexibility index (Phi) is 12.6. The highest BCUT2D eigenvalue weighted by molar-refractivity contribution is 6.08. The van der Waals surface area contributed by atoms with Crippen molar-refractivity contribution in [3.8, 4) is 28.4 Å². The number of benzene rings is 5. The minimum Gasteiger partial charge on any atom is -0.497 e. The number of esters is 2. The second-order valence-corrected chi connectivity index (χ2v) is 15.2. The second kappa shape index (κ2) is 17.9. The van der Waals surface area contributed by atoms with Crippen molar-refractivity contribution in [3.05, 3.63) is 130 Å². The quantitative estimate of drug-likeness (QED) is 0.0725. The van der Waals surface area contributed by atoms with Gasteiger partial charge in [0.1, 0.15) is 35.6 Å². The molecule has 3 atom stereocenters. The van der Waals surface area contributed by atoms with Gasteiger partial charge in [-0.05, 0) is 93.1 Å². The first-order valence-electron chi connectivity index (χ1n) is 20.1. The zero-order valence-electron chi connectivity index (χ0n) is 35.2. The van der Waals surface area contributed by atoms with Crippen LogP contribution in [0.15, 0.2) is 91.0 Å². The van der Waals surface area contributed by atoms with E-state index in [-0.39, 0.29) is 19.8 Å². The van der Waals surface area contributed by atoms with E-state index in [9.17, 15) is 14.7 Å². The Bertz CT molecular complexity index is 2330. The maximum Gasteiger partial charge on any atom is 0.347 e. The van der Waals surface area contributed by atoms with Crippen LogP contribution in [0.4, 0.5) is 0 Å². The molecule has 0 saturated carbocycles. The Morgan fingerprint density at radius 3 is 1.92 bits per heavy atom. The predicted molar refractivity (Wildman–Crippen MR) is 228 cm³/mol. The molecule has 1 heterocycles. The minimum atomic E-state index is -1.33. The van der Waals surface area contributed by atoms with Crippen LogP contribution in [0.2, 0.25) is 0 Å². The van der Waals surface area contributed by atoms with Gasteiger partial charge in [-0.2, -0.15) is 0 Å². The Morgan fingerprint density at radius 1 is 0.717 bits per heavy atom. The molecule has 0 fully saturated rings. The van der Waals surface area contributed by atoms with Gasteiger partial charge in [-0.25, -0.2) is 9.59 Å². The summed E-state index contributed by atoms with van der Waals surface area (Å²) in [7, 11) is 3.32. The summed E-state index contributed by atoms with van der Waals surface area (Å²) in [5.74, 6) is 0.666. The number of aryl methyl sites for hydroxylation is 2. The van der Waals surface area contributed by atoms with Crippen molar-refractivity contribution in [1.82, 2.24) is 0 Å². The summed E-state index contributed by atoms with van der Waals surface area (Å²) < 4.78 is 46.9. The molecular formula is C49H52O11. The number of methoxy groups -OCH3 is 2. The first-order chi connectivity index (χ1) is 28.9. The third-order valence-electron chi connectivity index (χ3n) is 11.1. The number of aliphatic hydroxyl groups is 1. The highest BCUT2D eigenvalue weighted by atomic mass is 16.6. The van der Waals surface area contributed by atoms with Gasteiger partial charge in [0.2, 0.25) is 0 Å². The molecule has 60 heavy (non-hydrogen) atoms. The molecule has 2 aliphatic rings. The van der Waals surface area contributed by atoms with Crippen LogP contribution in [0.3, 0.4) is 0 Å². The standard InChI is InChI=1S/C49H52O11/c1-30-8-18-38-41(28-30)45-40(20-21-49(60-45,34-10-14-36(53-6)15-11-34)35-12-16-37(54-7)17-13-35)44-43(38)39-19-9-31(2)29-42(39)48(44,5)58-27-25-56-23-22-55-24-26-57-47(52)33(4)59-46(51)32(3)50/h8-21,28-29,32-33,50H,22-27H2,1-7H3. The summed E-state index contributed by atoms with van der Waals surface area (Å²) in [5, 5.41) is 11.4. The van der Waals surface area contributed by atoms with Crippen LogP contribution in [-0.4, -0.2) is 83.1 Å². The first kappa shape index (κ1) is 42.4. The van der Waals surface area contributed by atoms with Crippen molar-refractivity contribution in [1.29, 1.82) is 0 Å². The molecule has 1 N–H and O–H groups in total. The summed E-state index contributed by atoms with van der Waals surface area (Å²) in [6, 6.07) is 29.1. The lowest BCUT2D eigenvalue weighted by atomic mass is 9.80. The molecule has 5 aromatic rings. The number of hydrogen-bond acceptors (Lipinski definition) is 11. The predicted octanol–water partition coefficient (Wildman–Crippen LogP) is 7.97. The summed E-state index contributed by atoms with van der Waals surface area (Å²) in [5.41, 5.74) is 7.65. The summed E-state index contributed by atoms with van der Waals surface area (Å²) >= 11 is 0. The van der Waals surface area contributed by atoms with Crippen molar-refractivity contribution in [2.45, 2.75) is 58.0 Å². The lowest BCUT2D eigenvalue weighted by Gasteiger charge is -2.39. The average Bonchev–Trinajstić information content (AvgIpc) is 3.51. The molecule has 5 aromatic carbocycles. The van der Waals surface area contributed by atoms with Crippen molar-refractivity contribution in [2.24, 2.45) is 0 Å². The van der Waals surface area contributed by atoms with E-state index in [2.05, 4.69) is 69.3 Å². The fourth-order valence-electron chi connectivity index (χ4n) is 8.01. The molecule has 1 aliphatic heterocycles. The van der Waals surface area contributed by atoms with Crippen molar-refractivity contribution in [2.75, 3.05) is 53.9 Å². The highest BCUT2D eigenvalue weighted by Crippen LogP contribution is 2.59. The van der Waals surface area contributed by atoms with Crippen molar-refractivity contribution < 1.29 is 52.6 Å². The van der Waals surface area contributed by atoms with E-state index in [0.717, 1.165) is 78.1 Å². The fraction of sp³-hybridized carbons (Fsp3) is 0.347. The molecule has 7 rings (SSSR count). The van der Waals surface area contributed by atoms with E-state index in [1.807, 2.05) is 48.5 Å². The van der Waals surface area contributed by atoms with E-state index < -0.39 is 35.3 Å². The largest absolute Gasteiger partial charge is 0.497 e. The van der Waals surface area contributed by atoms with Crippen LogP contribution >= 0.6 is 0 Å². The SMILES string of the molecule is COc1ccc(C2(c3ccc(OC)cc3)C=Cc3c4c(c5ccc(C)cc5c3O2)-c2ccc(C)cc2C4(C)OCCOCCOCCOC(=O)C(C)OC(=O)C(C)O)cc1. The molecule has 11 heteroatoms. The van der Waals surface area contributed by atoms with Crippen molar-refractivity contribution >= 4 is 28.8 Å². The molecule has 11 nitrogen and oxygen atoms in total. The zero-order chi connectivity index (χ0) is 42.6. The molecule has 0 amide bonds. The third-order valence-corrected chi connectivity index (χ3v) is 11.1. The minimum absolute atomic E-state index is 0.0207. The molecular weight excluding hydrogens is 765 g/mol. The number of fused-ring (bicyclic) bond motifs is 8. The number of hydrogen-bond donors (Lipinski definition) is 1. The smallest absolute Gasteiger partial charge is 0.347 e. The number of ether oxygens (including phenoxy) is 8. The van der Waals surface area contributed by atoms with Gasteiger partial charge in [0.05, 0.1) is 47.3 Å². The van der Waals surface area contributed by atoms with Gasteiger partial charge in [-0.15, -0.1) is 0 Å². The second-order valence-electron chi connectivity index (χ2n) is 15.2. The summed E-state index contributed by atoms with van der Waals surface area (Å²) in [6.07, 6.45) is 1.88. The van der Waals surface area contributed by atoms with Crippen LogP contribution < -0.4 is 14.2 Å². The van der Waals surface area contributed by atoms with Gasteiger partial charge in [0.15, 0.2) is 11.7 Å². The normalized spacial score (nSPS) is 16.9. The number of carbonyl (C=O) groups excluding carboxylic acids is 2. The van der Waals surface area contributed by atoms with Gasteiger partial charge in [-0.1, -0.05) is 71.8 Å². The summed E-state index contributed by atoms with van der Waals surface area (Å²) in [6.45, 7) is 10.3. The van der Waals surface area contributed by atoms with E-state index in [4.69, 9.17) is 37.9 Å². The maximum absolute atomic E-state index is 12.1. The van der Waals surface area contributed by atoms with Crippen LogP contribution in [0.25, 0.3) is 28.0 Å². The van der Waals surface area contributed by atoms with E-state index in [1.165, 1.54) is 13.8 Å². The van der Waals surface area contributed by atoms with Gasteiger partial charge >= 0.3 is 11.9 Å². The number of carbonyl (C=O) groups is 2. The Balaban J connectivity index is 1.14. The van der Waals surface area contributed by atoms with E-state index in [1.54, 1.807) is 14.2 Å². The van der Waals surface area contributed by atoms with Crippen LogP contribution in [0, 0.1) is 13.8 Å². The molecule has 314 valence electrons. The van der Waals surface area contributed by atoms with Crippen LogP contribution in [0.5, 0.6) is 17.2 Å². The van der Waals surface area contributed by atoms with Gasteiger partial charge < -0.3 is 43.0 Å². The molecule has 0 bridgehead atoms. The Hall–Kier alpha value is -5.72. The Morgan fingerprint density at radius 2 is 1.30 bits per heavy atom. The molecule has 3 unspecified atom stereocenters. The average molecular weight is 817 g/mol.